The zero-order valence-electron chi connectivity index (χ0n) is 54.4. The molecule has 0 rings (SSSR count). The zero-order valence-corrected chi connectivity index (χ0v) is 54.4. The maximum Gasteiger partial charge on any atom is 0.306 e. The van der Waals surface area contributed by atoms with Crippen molar-refractivity contribution in [3.8, 4) is 0 Å². The van der Waals surface area contributed by atoms with Crippen LogP contribution in [0.5, 0.6) is 0 Å². The minimum atomic E-state index is -0.772. The summed E-state index contributed by atoms with van der Waals surface area (Å²) < 4.78 is 17.0. The number of rotatable bonds is 68. The fraction of sp³-hybridized carbons (Fsp3) is 0.905. The van der Waals surface area contributed by atoms with E-state index in [1.165, 1.54) is 302 Å². The minimum Gasteiger partial charge on any atom is -0.462 e. The molecule has 0 amide bonds. The summed E-state index contributed by atoms with van der Waals surface area (Å²) in [5, 5.41) is 0. The molecule has 0 saturated heterocycles. The van der Waals surface area contributed by atoms with Crippen LogP contribution in [-0.4, -0.2) is 37.2 Å². The Morgan fingerprint density at radius 3 is 0.700 bits per heavy atom. The molecule has 0 spiro atoms. The number of ether oxygens (including phenoxy) is 3. The fourth-order valence-electron chi connectivity index (χ4n) is 11.2. The minimum absolute atomic E-state index is 0.0669. The van der Waals surface area contributed by atoms with Crippen LogP contribution in [0.2, 0.25) is 0 Å². The Morgan fingerprint density at radius 2 is 0.450 bits per heavy atom. The monoisotopic (exact) mass is 1130 g/mol. The number of esters is 3. The third-order valence-corrected chi connectivity index (χ3v) is 16.7. The molecule has 0 aliphatic carbocycles. The third-order valence-electron chi connectivity index (χ3n) is 16.7. The van der Waals surface area contributed by atoms with Gasteiger partial charge in [0, 0.05) is 19.3 Å². The summed E-state index contributed by atoms with van der Waals surface area (Å²) in [7, 11) is 0. The lowest BCUT2D eigenvalue weighted by Gasteiger charge is -2.18. The van der Waals surface area contributed by atoms with Gasteiger partial charge in [-0.05, 0) is 51.4 Å². The number of allylic oxidation sites excluding steroid dienone is 4. The average molecular weight is 1130 g/mol. The molecule has 0 aromatic heterocycles. The molecule has 0 saturated carbocycles. The van der Waals surface area contributed by atoms with E-state index in [1.54, 1.807) is 0 Å². The molecule has 6 nitrogen and oxygen atoms in total. The van der Waals surface area contributed by atoms with Gasteiger partial charge in [0.05, 0.1) is 0 Å². The van der Waals surface area contributed by atoms with Gasteiger partial charge in [0.1, 0.15) is 13.2 Å². The number of hydrogen-bond acceptors (Lipinski definition) is 6. The van der Waals surface area contributed by atoms with Crippen molar-refractivity contribution in [2.45, 2.75) is 419 Å². The second-order valence-electron chi connectivity index (χ2n) is 24.9. The summed E-state index contributed by atoms with van der Waals surface area (Å²) in [5.74, 6) is -0.839. The van der Waals surface area contributed by atoms with Gasteiger partial charge in [0.15, 0.2) is 6.10 Å². The summed E-state index contributed by atoms with van der Waals surface area (Å²) in [6.45, 7) is 6.71. The average Bonchev–Trinajstić information content (AvgIpc) is 3.46. The lowest BCUT2D eigenvalue weighted by molar-refractivity contribution is -0.167. The first-order chi connectivity index (χ1) is 39.5. The molecule has 0 bridgehead atoms. The molecule has 0 heterocycles. The van der Waals surface area contributed by atoms with E-state index in [0.29, 0.717) is 19.3 Å². The smallest absolute Gasteiger partial charge is 0.306 e. The molecule has 1 atom stereocenters. The van der Waals surface area contributed by atoms with E-state index in [2.05, 4.69) is 45.1 Å². The summed E-state index contributed by atoms with van der Waals surface area (Å²) in [4.78, 5) is 38.5. The summed E-state index contributed by atoms with van der Waals surface area (Å²) >= 11 is 0. The van der Waals surface area contributed by atoms with Crippen molar-refractivity contribution in [3.63, 3.8) is 0 Å². The molecular formula is C74H140O6. The standard InChI is InChI=1S/C74H140O6/c1-4-7-10-13-16-19-22-25-28-31-34-36-38-40-43-46-49-52-55-58-61-64-67-73(76)79-70-71(69-78-72(75)66-63-60-57-54-51-48-45-42-33-30-27-24-21-18-15-12-9-6-3)80-74(77)68-65-62-59-56-53-50-47-44-41-39-37-35-32-29-26-23-20-17-14-11-8-5-2/h21,24,30,33,71H,4-20,22-23,25-29,31-32,34-70H2,1-3H3/b24-21-,33-30-. The van der Waals surface area contributed by atoms with E-state index in [-0.39, 0.29) is 31.1 Å². The van der Waals surface area contributed by atoms with Crippen molar-refractivity contribution >= 4 is 17.9 Å². The molecule has 0 aliphatic rings. The molecule has 0 fully saturated rings. The maximum atomic E-state index is 13.0. The van der Waals surface area contributed by atoms with Crippen LogP contribution in [0.25, 0.3) is 0 Å². The van der Waals surface area contributed by atoms with Crippen LogP contribution < -0.4 is 0 Å². The van der Waals surface area contributed by atoms with E-state index in [0.717, 1.165) is 70.6 Å². The highest BCUT2D eigenvalue weighted by Crippen LogP contribution is 2.19. The SMILES string of the molecule is CCCCCC/C=C\C/C=C\CCCCCCCCCC(=O)OCC(COC(=O)CCCCCCCCCCCCCCCCCCCCCCCC)OC(=O)CCCCCCCCCCCCCCCCCCCCCCCC. The maximum absolute atomic E-state index is 13.0. The van der Waals surface area contributed by atoms with Crippen LogP contribution in [0.3, 0.4) is 0 Å². The van der Waals surface area contributed by atoms with E-state index in [4.69, 9.17) is 14.2 Å². The molecular weight excluding hydrogens is 985 g/mol. The normalized spacial score (nSPS) is 12.1. The van der Waals surface area contributed by atoms with E-state index in [9.17, 15) is 14.4 Å². The fourth-order valence-corrected chi connectivity index (χ4v) is 11.2. The van der Waals surface area contributed by atoms with Gasteiger partial charge in [0.2, 0.25) is 0 Å². The number of carbonyl (C=O) groups excluding carboxylic acids is 3. The molecule has 0 aliphatic heterocycles. The van der Waals surface area contributed by atoms with Crippen LogP contribution in [0.4, 0.5) is 0 Å². The van der Waals surface area contributed by atoms with Crippen molar-refractivity contribution in [1.82, 2.24) is 0 Å². The Morgan fingerprint density at radius 1 is 0.250 bits per heavy atom. The van der Waals surface area contributed by atoms with Crippen LogP contribution in [0.15, 0.2) is 24.3 Å². The van der Waals surface area contributed by atoms with Crippen LogP contribution in [0, 0.1) is 0 Å². The first-order valence-corrected chi connectivity index (χ1v) is 36.3. The van der Waals surface area contributed by atoms with E-state index >= 15 is 0 Å². The second-order valence-corrected chi connectivity index (χ2v) is 24.9. The van der Waals surface area contributed by atoms with Gasteiger partial charge in [-0.2, -0.15) is 0 Å². The molecule has 0 aromatic carbocycles. The molecule has 1 unspecified atom stereocenters. The molecule has 6 heteroatoms. The zero-order chi connectivity index (χ0) is 57.8. The molecule has 80 heavy (non-hydrogen) atoms. The number of unbranched alkanes of at least 4 members (excludes halogenated alkanes) is 53. The molecule has 0 radical (unpaired) electrons. The Hall–Kier alpha value is -2.11. The van der Waals surface area contributed by atoms with Crippen molar-refractivity contribution < 1.29 is 28.6 Å². The number of hydrogen-bond donors (Lipinski definition) is 0. The van der Waals surface area contributed by atoms with Gasteiger partial charge in [-0.1, -0.05) is 366 Å². The lowest BCUT2D eigenvalue weighted by atomic mass is 10.0. The second kappa shape index (κ2) is 69.4. The van der Waals surface area contributed by atoms with Crippen molar-refractivity contribution in [3.05, 3.63) is 24.3 Å². The largest absolute Gasteiger partial charge is 0.462 e. The highest BCUT2D eigenvalue weighted by molar-refractivity contribution is 5.71. The van der Waals surface area contributed by atoms with E-state index < -0.39 is 6.10 Å². The Labute approximate surface area is 500 Å². The summed E-state index contributed by atoms with van der Waals surface area (Å²) in [5.41, 5.74) is 0. The first kappa shape index (κ1) is 77.9. The highest BCUT2D eigenvalue weighted by Gasteiger charge is 2.19. The van der Waals surface area contributed by atoms with E-state index in [1.807, 2.05) is 0 Å². The van der Waals surface area contributed by atoms with Gasteiger partial charge >= 0.3 is 17.9 Å². The van der Waals surface area contributed by atoms with Gasteiger partial charge < -0.3 is 14.2 Å². The van der Waals surface area contributed by atoms with Crippen molar-refractivity contribution in [2.75, 3.05) is 13.2 Å². The predicted octanol–water partition coefficient (Wildman–Crippen LogP) is 25.0. The van der Waals surface area contributed by atoms with Gasteiger partial charge in [-0.15, -0.1) is 0 Å². The first-order valence-electron chi connectivity index (χ1n) is 36.3. The lowest BCUT2D eigenvalue weighted by Crippen LogP contribution is -2.30. The quantitative estimate of drug-likeness (QED) is 0.0261. The third kappa shape index (κ3) is 66.7. The summed E-state index contributed by atoms with van der Waals surface area (Å²) in [6, 6.07) is 0. The molecule has 0 N–H and O–H groups in total. The molecule has 472 valence electrons. The Balaban J connectivity index is 4.29. The Kier molecular flexibility index (Phi) is 67.6. The van der Waals surface area contributed by atoms with Gasteiger partial charge in [0.25, 0.3) is 0 Å². The Bertz CT molecular complexity index is 1290. The van der Waals surface area contributed by atoms with Crippen LogP contribution >= 0.6 is 0 Å². The van der Waals surface area contributed by atoms with Gasteiger partial charge in [-0.3, -0.25) is 14.4 Å². The van der Waals surface area contributed by atoms with Gasteiger partial charge in [-0.25, -0.2) is 0 Å². The topological polar surface area (TPSA) is 78.9 Å². The molecule has 0 aromatic rings. The summed E-state index contributed by atoms with van der Waals surface area (Å²) in [6.07, 6.45) is 84.9. The van der Waals surface area contributed by atoms with Crippen molar-refractivity contribution in [2.24, 2.45) is 0 Å². The number of carbonyl (C=O) groups is 3. The highest BCUT2D eigenvalue weighted by atomic mass is 16.6. The van der Waals surface area contributed by atoms with Crippen LogP contribution in [-0.2, 0) is 28.6 Å². The van der Waals surface area contributed by atoms with Crippen LogP contribution in [0.1, 0.15) is 412 Å². The van der Waals surface area contributed by atoms with Crippen molar-refractivity contribution in [1.29, 1.82) is 0 Å². The predicted molar refractivity (Wildman–Crippen MR) is 349 cm³/mol.